The Labute approximate surface area is 98.0 Å². The van der Waals surface area contributed by atoms with Gasteiger partial charge in [-0.05, 0) is 12.1 Å². The molecule has 1 aromatic carbocycles. The van der Waals surface area contributed by atoms with Crippen molar-refractivity contribution in [1.82, 2.24) is 0 Å². The number of halogens is 2. The molecule has 2 atom stereocenters. The van der Waals surface area contributed by atoms with Gasteiger partial charge in [0, 0.05) is 12.0 Å². The van der Waals surface area contributed by atoms with E-state index in [-0.39, 0.29) is 18.6 Å². The summed E-state index contributed by atoms with van der Waals surface area (Å²) in [5, 5.41) is 9.84. The quantitative estimate of drug-likeness (QED) is 0.870. The van der Waals surface area contributed by atoms with Crippen LogP contribution in [0.15, 0.2) is 18.2 Å². The van der Waals surface area contributed by atoms with Crippen molar-refractivity contribution in [3.05, 3.63) is 35.4 Å². The lowest BCUT2D eigenvalue weighted by atomic mass is 10.0. The molecule has 1 aliphatic rings. The van der Waals surface area contributed by atoms with E-state index in [4.69, 9.17) is 9.47 Å². The van der Waals surface area contributed by atoms with Crippen molar-refractivity contribution in [2.24, 2.45) is 0 Å². The lowest BCUT2D eigenvalue weighted by molar-refractivity contribution is -0.131. The minimum absolute atomic E-state index is 0.117. The molecule has 0 aliphatic carbocycles. The first-order valence-corrected chi connectivity index (χ1v) is 5.49. The van der Waals surface area contributed by atoms with Crippen LogP contribution >= 0.6 is 0 Å². The Balaban J connectivity index is 2.04. The van der Waals surface area contributed by atoms with Crippen molar-refractivity contribution in [2.75, 3.05) is 19.8 Å². The van der Waals surface area contributed by atoms with Crippen molar-refractivity contribution in [3.8, 4) is 0 Å². The van der Waals surface area contributed by atoms with Crippen LogP contribution in [0.1, 0.15) is 5.56 Å². The number of aliphatic hydroxyl groups is 1. The van der Waals surface area contributed by atoms with E-state index >= 15 is 0 Å². The second-order valence-corrected chi connectivity index (χ2v) is 3.96. The summed E-state index contributed by atoms with van der Waals surface area (Å²) in [6, 6.07) is 3.63. The zero-order chi connectivity index (χ0) is 12.3. The molecule has 0 aromatic heterocycles. The minimum atomic E-state index is -0.971. The van der Waals surface area contributed by atoms with E-state index in [0.717, 1.165) is 0 Å². The van der Waals surface area contributed by atoms with Gasteiger partial charge in [-0.25, -0.2) is 8.78 Å². The van der Waals surface area contributed by atoms with Gasteiger partial charge < -0.3 is 14.6 Å². The summed E-state index contributed by atoms with van der Waals surface area (Å²) in [5.41, 5.74) is -0.117. The Kier molecular flexibility index (Phi) is 4.04. The topological polar surface area (TPSA) is 38.7 Å². The van der Waals surface area contributed by atoms with Gasteiger partial charge in [-0.1, -0.05) is 6.07 Å². The van der Waals surface area contributed by atoms with E-state index in [9.17, 15) is 13.9 Å². The van der Waals surface area contributed by atoms with Gasteiger partial charge in [-0.2, -0.15) is 0 Å². The number of hydrogen-bond donors (Lipinski definition) is 1. The second kappa shape index (κ2) is 5.53. The standard InChI is InChI=1S/C12H14F2O3/c13-9-2-1-3-10(14)8(9)6-11(15)12-7-16-4-5-17-12/h1-3,11-12,15H,4-7H2. The fourth-order valence-corrected chi connectivity index (χ4v) is 1.80. The van der Waals surface area contributed by atoms with Crippen LogP contribution in [-0.2, 0) is 15.9 Å². The first kappa shape index (κ1) is 12.4. The molecule has 3 nitrogen and oxygen atoms in total. The van der Waals surface area contributed by atoms with Gasteiger partial charge in [0.1, 0.15) is 17.7 Å². The first-order chi connectivity index (χ1) is 8.18. The maximum atomic E-state index is 13.4. The van der Waals surface area contributed by atoms with E-state index in [1.54, 1.807) is 0 Å². The highest BCUT2D eigenvalue weighted by atomic mass is 19.1. The molecule has 1 fully saturated rings. The van der Waals surface area contributed by atoms with E-state index in [1.165, 1.54) is 18.2 Å². The molecule has 2 unspecified atom stereocenters. The highest BCUT2D eigenvalue weighted by Gasteiger charge is 2.25. The van der Waals surface area contributed by atoms with Crippen LogP contribution in [-0.4, -0.2) is 37.1 Å². The third-order valence-electron chi connectivity index (χ3n) is 2.75. The van der Waals surface area contributed by atoms with Gasteiger partial charge in [-0.3, -0.25) is 0 Å². The van der Waals surface area contributed by atoms with Gasteiger partial charge >= 0.3 is 0 Å². The van der Waals surface area contributed by atoms with Crippen molar-refractivity contribution in [2.45, 2.75) is 18.6 Å². The van der Waals surface area contributed by atoms with Gasteiger partial charge in [0.05, 0.1) is 25.9 Å². The highest BCUT2D eigenvalue weighted by molar-refractivity contribution is 5.20. The number of aliphatic hydroxyl groups excluding tert-OH is 1. The minimum Gasteiger partial charge on any atom is -0.390 e. The van der Waals surface area contributed by atoms with E-state index in [2.05, 4.69) is 0 Å². The molecule has 2 rings (SSSR count). The average molecular weight is 244 g/mol. The molecule has 0 bridgehead atoms. The molecule has 0 spiro atoms. The Morgan fingerprint density at radius 1 is 1.29 bits per heavy atom. The number of rotatable bonds is 3. The normalized spacial score (nSPS) is 22.4. The van der Waals surface area contributed by atoms with E-state index in [0.29, 0.717) is 13.2 Å². The fourth-order valence-electron chi connectivity index (χ4n) is 1.80. The van der Waals surface area contributed by atoms with Crippen LogP contribution in [0.25, 0.3) is 0 Å². The number of hydrogen-bond acceptors (Lipinski definition) is 3. The van der Waals surface area contributed by atoms with E-state index < -0.39 is 23.8 Å². The van der Waals surface area contributed by atoms with E-state index in [1.807, 2.05) is 0 Å². The predicted molar refractivity (Wildman–Crippen MR) is 56.6 cm³/mol. The lowest BCUT2D eigenvalue weighted by Crippen LogP contribution is -2.39. The molecule has 0 radical (unpaired) electrons. The second-order valence-electron chi connectivity index (χ2n) is 3.96. The van der Waals surface area contributed by atoms with Gasteiger partial charge in [0.15, 0.2) is 0 Å². The third-order valence-corrected chi connectivity index (χ3v) is 2.75. The molecule has 5 heteroatoms. The Hall–Kier alpha value is -1.04. The number of benzene rings is 1. The summed E-state index contributed by atoms with van der Waals surface area (Å²) in [7, 11) is 0. The highest BCUT2D eigenvalue weighted by Crippen LogP contribution is 2.17. The van der Waals surface area contributed by atoms with Crippen LogP contribution in [0.3, 0.4) is 0 Å². The summed E-state index contributed by atoms with van der Waals surface area (Å²) in [4.78, 5) is 0. The zero-order valence-corrected chi connectivity index (χ0v) is 9.23. The zero-order valence-electron chi connectivity index (χ0n) is 9.23. The van der Waals surface area contributed by atoms with Crippen LogP contribution in [0.4, 0.5) is 8.78 Å². The van der Waals surface area contributed by atoms with Crippen molar-refractivity contribution in [3.63, 3.8) is 0 Å². The molecular weight excluding hydrogens is 230 g/mol. The molecular formula is C12H14F2O3. The molecule has 1 N–H and O–H groups in total. The van der Waals surface area contributed by atoms with Crippen molar-refractivity contribution < 1.29 is 23.4 Å². The molecule has 94 valence electrons. The van der Waals surface area contributed by atoms with Crippen molar-refractivity contribution in [1.29, 1.82) is 0 Å². The van der Waals surface area contributed by atoms with Crippen LogP contribution in [0, 0.1) is 11.6 Å². The van der Waals surface area contributed by atoms with Crippen molar-refractivity contribution >= 4 is 0 Å². The monoisotopic (exact) mass is 244 g/mol. The lowest BCUT2D eigenvalue weighted by Gasteiger charge is -2.27. The summed E-state index contributed by atoms with van der Waals surface area (Å²) in [6.45, 7) is 1.12. The first-order valence-electron chi connectivity index (χ1n) is 5.49. The summed E-state index contributed by atoms with van der Waals surface area (Å²) in [5.74, 6) is -1.30. The fraction of sp³-hybridized carbons (Fsp3) is 0.500. The molecule has 1 saturated heterocycles. The SMILES string of the molecule is OC(Cc1c(F)cccc1F)C1COCCO1. The van der Waals surface area contributed by atoms with Crippen LogP contribution in [0.2, 0.25) is 0 Å². The van der Waals surface area contributed by atoms with Gasteiger partial charge in [-0.15, -0.1) is 0 Å². The Morgan fingerprint density at radius 3 is 2.59 bits per heavy atom. The summed E-state index contributed by atoms with van der Waals surface area (Å²) < 4.78 is 37.1. The van der Waals surface area contributed by atoms with Crippen LogP contribution in [0.5, 0.6) is 0 Å². The Bertz CT molecular complexity index is 358. The molecule has 0 saturated carbocycles. The average Bonchev–Trinajstić information content (AvgIpc) is 2.35. The largest absolute Gasteiger partial charge is 0.390 e. The smallest absolute Gasteiger partial charge is 0.129 e. The molecule has 1 aliphatic heterocycles. The molecule has 0 amide bonds. The van der Waals surface area contributed by atoms with Gasteiger partial charge in [0.25, 0.3) is 0 Å². The Morgan fingerprint density at radius 2 is 2.00 bits per heavy atom. The van der Waals surface area contributed by atoms with Gasteiger partial charge in [0.2, 0.25) is 0 Å². The molecule has 17 heavy (non-hydrogen) atoms. The maximum absolute atomic E-state index is 13.4. The molecule has 1 aromatic rings. The maximum Gasteiger partial charge on any atom is 0.129 e. The predicted octanol–water partition coefficient (Wildman–Crippen LogP) is 1.28. The number of ether oxygens (including phenoxy) is 2. The third kappa shape index (κ3) is 3.00. The molecule has 1 heterocycles. The van der Waals surface area contributed by atoms with Crippen LogP contribution < -0.4 is 0 Å². The summed E-state index contributed by atoms with van der Waals surface area (Å²) >= 11 is 0. The summed E-state index contributed by atoms with van der Waals surface area (Å²) in [6.07, 6.45) is -1.61.